The van der Waals surface area contributed by atoms with Crippen molar-refractivity contribution >= 4 is 17.9 Å². The third kappa shape index (κ3) is 6.49. The molecule has 5 nitrogen and oxygen atoms in total. The summed E-state index contributed by atoms with van der Waals surface area (Å²) < 4.78 is 39.3. The SMILES string of the molecule is CC.Cc1cc(C(F)(F)F)c(C#N)c(N2CC3CCCC3C2)n1.Cc1cccc(N(C)C=O)c1. The van der Waals surface area contributed by atoms with Crippen molar-refractivity contribution in [3.8, 4) is 6.07 Å². The molecule has 1 saturated carbocycles. The fourth-order valence-electron chi connectivity index (χ4n) is 4.54. The largest absolute Gasteiger partial charge is 0.417 e. The van der Waals surface area contributed by atoms with Gasteiger partial charge in [0.05, 0.1) is 5.56 Å². The summed E-state index contributed by atoms with van der Waals surface area (Å²) in [5.41, 5.74) is 1.18. The van der Waals surface area contributed by atoms with Gasteiger partial charge in [-0.15, -0.1) is 0 Å². The number of benzene rings is 1. The zero-order valence-corrected chi connectivity index (χ0v) is 20.5. The van der Waals surface area contributed by atoms with Gasteiger partial charge in [0.1, 0.15) is 17.5 Å². The van der Waals surface area contributed by atoms with E-state index in [9.17, 15) is 23.2 Å². The lowest BCUT2D eigenvalue weighted by atomic mass is 10.0. The molecule has 1 aliphatic heterocycles. The van der Waals surface area contributed by atoms with Crippen LogP contribution in [0.3, 0.4) is 0 Å². The van der Waals surface area contributed by atoms with Gasteiger partial charge in [-0.05, 0) is 62.3 Å². The number of carbonyl (C=O) groups is 1. The van der Waals surface area contributed by atoms with Crippen molar-refractivity contribution in [3.63, 3.8) is 0 Å². The molecule has 2 aromatic rings. The van der Waals surface area contributed by atoms with Gasteiger partial charge in [-0.2, -0.15) is 18.4 Å². The molecule has 1 amide bonds. The average molecular weight is 475 g/mol. The second-order valence-electron chi connectivity index (χ2n) is 8.53. The minimum Gasteiger partial charge on any atom is -0.355 e. The first-order valence-corrected chi connectivity index (χ1v) is 11.6. The van der Waals surface area contributed by atoms with Crippen LogP contribution in [-0.2, 0) is 11.0 Å². The van der Waals surface area contributed by atoms with E-state index >= 15 is 0 Å². The summed E-state index contributed by atoms with van der Waals surface area (Å²) in [5, 5.41) is 9.20. The maximum Gasteiger partial charge on any atom is 0.417 e. The number of pyridine rings is 1. The van der Waals surface area contributed by atoms with Gasteiger partial charge in [0, 0.05) is 31.5 Å². The van der Waals surface area contributed by atoms with Gasteiger partial charge in [0.2, 0.25) is 6.41 Å². The number of alkyl halides is 3. The molecule has 1 aliphatic carbocycles. The van der Waals surface area contributed by atoms with Crippen LogP contribution in [0.1, 0.15) is 55.5 Å². The van der Waals surface area contributed by atoms with Crippen LogP contribution in [0.5, 0.6) is 0 Å². The molecule has 0 bridgehead atoms. The van der Waals surface area contributed by atoms with E-state index < -0.39 is 11.7 Å². The van der Waals surface area contributed by atoms with Crippen LogP contribution in [0.15, 0.2) is 30.3 Å². The van der Waals surface area contributed by atoms with Crippen molar-refractivity contribution in [2.45, 2.75) is 53.1 Å². The number of rotatable bonds is 3. The highest BCUT2D eigenvalue weighted by molar-refractivity contribution is 5.74. The number of halogens is 3. The summed E-state index contributed by atoms with van der Waals surface area (Å²) in [6.45, 7) is 8.97. The predicted molar refractivity (Wildman–Crippen MR) is 129 cm³/mol. The summed E-state index contributed by atoms with van der Waals surface area (Å²) >= 11 is 0. The summed E-state index contributed by atoms with van der Waals surface area (Å²) in [6.07, 6.45) is -0.275. The molecule has 8 heteroatoms. The number of fused-ring (bicyclic) bond motifs is 1. The predicted octanol–water partition coefficient (Wildman–Crippen LogP) is 6.13. The van der Waals surface area contributed by atoms with E-state index in [2.05, 4.69) is 4.98 Å². The molecule has 4 rings (SSSR count). The zero-order valence-electron chi connectivity index (χ0n) is 20.5. The molecular weight excluding hydrogens is 441 g/mol. The second-order valence-corrected chi connectivity index (χ2v) is 8.53. The van der Waals surface area contributed by atoms with Crippen molar-refractivity contribution < 1.29 is 18.0 Å². The minimum absolute atomic E-state index is 0.208. The molecule has 1 aromatic heterocycles. The lowest BCUT2D eigenvalue weighted by molar-refractivity contribution is -0.137. The fourth-order valence-corrected chi connectivity index (χ4v) is 4.54. The molecule has 2 fully saturated rings. The maximum absolute atomic E-state index is 13.1. The van der Waals surface area contributed by atoms with Crippen molar-refractivity contribution in [3.05, 3.63) is 52.7 Å². The fraction of sp³-hybridized carbons (Fsp3) is 0.500. The third-order valence-electron chi connectivity index (χ3n) is 6.14. The van der Waals surface area contributed by atoms with Crippen molar-refractivity contribution in [2.75, 3.05) is 29.9 Å². The molecule has 0 spiro atoms. The van der Waals surface area contributed by atoms with Gasteiger partial charge in [0.25, 0.3) is 0 Å². The van der Waals surface area contributed by atoms with Crippen LogP contribution >= 0.6 is 0 Å². The molecule has 1 aromatic carbocycles. The lowest BCUT2D eigenvalue weighted by Gasteiger charge is -2.22. The number of aromatic nitrogens is 1. The van der Waals surface area contributed by atoms with E-state index in [0.29, 0.717) is 30.6 Å². The summed E-state index contributed by atoms with van der Waals surface area (Å²) in [6, 6.07) is 10.5. The van der Waals surface area contributed by atoms with Crippen LogP contribution < -0.4 is 9.80 Å². The average Bonchev–Trinajstić information content (AvgIpc) is 3.42. The lowest BCUT2D eigenvalue weighted by Crippen LogP contribution is -2.25. The molecule has 1 saturated heterocycles. The summed E-state index contributed by atoms with van der Waals surface area (Å²) in [4.78, 5) is 18.0. The maximum atomic E-state index is 13.1. The van der Waals surface area contributed by atoms with Gasteiger partial charge in [-0.1, -0.05) is 32.4 Å². The minimum atomic E-state index is -4.52. The van der Waals surface area contributed by atoms with Gasteiger partial charge in [0.15, 0.2) is 0 Å². The molecule has 2 atom stereocenters. The Hall–Kier alpha value is -3.08. The smallest absolute Gasteiger partial charge is 0.355 e. The number of nitrogens with zero attached hydrogens (tertiary/aromatic N) is 4. The van der Waals surface area contributed by atoms with E-state index in [0.717, 1.165) is 36.6 Å². The summed E-state index contributed by atoms with van der Waals surface area (Å²) in [7, 11) is 1.74. The Morgan fingerprint density at radius 1 is 1.15 bits per heavy atom. The molecule has 184 valence electrons. The van der Waals surface area contributed by atoms with Gasteiger partial charge in [-0.25, -0.2) is 4.98 Å². The van der Waals surface area contributed by atoms with Gasteiger partial charge >= 0.3 is 6.18 Å². The van der Waals surface area contributed by atoms with Crippen molar-refractivity contribution in [2.24, 2.45) is 11.8 Å². The molecule has 34 heavy (non-hydrogen) atoms. The van der Waals surface area contributed by atoms with Crippen LogP contribution in [0.2, 0.25) is 0 Å². The number of carbonyl (C=O) groups excluding carboxylic acids is 1. The number of hydrogen-bond acceptors (Lipinski definition) is 4. The molecule has 0 radical (unpaired) electrons. The normalized spacial score (nSPS) is 18.6. The van der Waals surface area contributed by atoms with Gasteiger partial charge < -0.3 is 9.80 Å². The Bertz CT molecular complexity index is 1000. The molecular formula is C26H33F3N4O. The number of anilines is 2. The van der Waals surface area contributed by atoms with Crippen LogP contribution in [0, 0.1) is 37.0 Å². The van der Waals surface area contributed by atoms with E-state index in [-0.39, 0.29) is 11.4 Å². The van der Waals surface area contributed by atoms with Crippen LogP contribution in [-0.4, -0.2) is 31.5 Å². The number of nitriles is 1. The standard InChI is InChI=1S/C15H16F3N3.C9H11NO.C2H6/c1-9-5-13(15(16,17)18)12(6-19)14(20-9)21-7-10-3-2-4-11(10)8-21;1-8-4-3-5-9(6-8)10(2)7-11;1-2/h5,10-11H,2-4,7-8H2,1H3;3-7H,1-2H3;1-2H3. The zero-order chi connectivity index (χ0) is 25.5. The van der Waals surface area contributed by atoms with E-state index in [4.69, 9.17) is 0 Å². The monoisotopic (exact) mass is 474 g/mol. The molecule has 2 aliphatic rings. The first-order chi connectivity index (χ1) is 16.1. The molecule has 2 heterocycles. The first kappa shape index (κ1) is 27.2. The second kappa shape index (κ2) is 11.9. The summed E-state index contributed by atoms with van der Waals surface area (Å²) in [5.74, 6) is 1.28. The first-order valence-electron chi connectivity index (χ1n) is 11.6. The van der Waals surface area contributed by atoms with Crippen molar-refractivity contribution in [1.82, 2.24) is 4.98 Å². The number of hydrogen-bond donors (Lipinski definition) is 0. The van der Waals surface area contributed by atoms with Crippen molar-refractivity contribution in [1.29, 1.82) is 5.26 Å². The number of aryl methyl sites for hydroxylation is 2. The third-order valence-corrected chi connectivity index (χ3v) is 6.14. The molecule has 0 N–H and O–H groups in total. The highest BCUT2D eigenvalue weighted by Gasteiger charge is 2.40. The Morgan fingerprint density at radius 3 is 2.26 bits per heavy atom. The van der Waals surface area contributed by atoms with Crippen LogP contribution in [0.4, 0.5) is 24.7 Å². The van der Waals surface area contributed by atoms with Crippen LogP contribution in [0.25, 0.3) is 0 Å². The van der Waals surface area contributed by atoms with Gasteiger partial charge in [-0.3, -0.25) is 4.79 Å². The Labute approximate surface area is 200 Å². The number of amides is 1. The van der Waals surface area contributed by atoms with E-state index in [1.807, 2.05) is 49.9 Å². The molecule has 2 unspecified atom stereocenters. The Balaban J connectivity index is 0.000000266. The topological polar surface area (TPSA) is 60.2 Å². The van der Waals surface area contributed by atoms with E-state index in [1.165, 1.54) is 13.3 Å². The highest BCUT2D eigenvalue weighted by atomic mass is 19.4. The Morgan fingerprint density at radius 2 is 1.76 bits per heavy atom. The Kier molecular flexibility index (Phi) is 9.48. The van der Waals surface area contributed by atoms with E-state index in [1.54, 1.807) is 18.0 Å². The quantitative estimate of drug-likeness (QED) is 0.502. The highest BCUT2D eigenvalue weighted by Crippen LogP contribution is 2.42.